The molecular weight excluding hydrogens is 316 g/mol. The molecule has 1 saturated heterocycles. The van der Waals surface area contributed by atoms with Crippen molar-refractivity contribution in [3.8, 4) is 0 Å². The first kappa shape index (κ1) is 17.4. The summed E-state index contributed by atoms with van der Waals surface area (Å²) in [4.78, 5) is 25.9. The highest BCUT2D eigenvalue weighted by Crippen LogP contribution is 2.21. The molecule has 134 valence electrons. The Hall–Kier alpha value is -2.44. The number of amides is 1. The lowest BCUT2D eigenvalue weighted by Crippen LogP contribution is -2.35. The van der Waals surface area contributed by atoms with Crippen LogP contribution in [0.3, 0.4) is 0 Å². The summed E-state index contributed by atoms with van der Waals surface area (Å²) in [6.45, 7) is 9.39. The van der Waals surface area contributed by atoms with Crippen molar-refractivity contribution in [3.63, 3.8) is 0 Å². The third kappa shape index (κ3) is 3.97. The molecule has 0 spiro atoms. The Morgan fingerprint density at radius 3 is 2.60 bits per heavy atom. The molecule has 0 saturated carbocycles. The van der Waals surface area contributed by atoms with Crippen molar-refractivity contribution in [1.29, 1.82) is 0 Å². The molecule has 0 bridgehead atoms. The Kier molecular flexibility index (Phi) is 4.74. The van der Waals surface area contributed by atoms with Crippen molar-refractivity contribution in [3.05, 3.63) is 36.0 Å². The molecule has 1 aliphatic rings. The van der Waals surface area contributed by atoms with E-state index < -0.39 is 0 Å². The highest BCUT2D eigenvalue weighted by atomic mass is 16.2. The van der Waals surface area contributed by atoms with Gasteiger partial charge >= 0.3 is 0 Å². The van der Waals surface area contributed by atoms with E-state index in [1.165, 1.54) is 0 Å². The summed E-state index contributed by atoms with van der Waals surface area (Å²) in [5.74, 6) is 1.78. The molecule has 25 heavy (non-hydrogen) atoms. The van der Waals surface area contributed by atoms with Gasteiger partial charge in [0.05, 0.1) is 0 Å². The van der Waals surface area contributed by atoms with Crippen molar-refractivity contribution in [2.24, 2.45) is 7.05 Å². The fraction of sp³-hybridized carbons (Fsp3) is 0.556. The second-order valence-electron chi connectivity index (χ2n) is 7.50. The molecular formula is C18H26N6O. The average molecular weight is 342 g/mol. The van der Waals surface area contributed by atoms with Crippen LogP contribution in [-0.2, 0) is 12.5 Å². The first-order valence-corrected chi connectivity index (χ1v) is 8.72. The van der Waals surface area contributed by atoms with Crippen molar-refractivity contribution in [2.45, 2.75) is 32.6 Å². The topological polar surface area (TPSA) is 67.2 Å². The summed E-state index contributed by atoms with van der Waals surface area (Å²) in [5.41, 5.74) is 0.427. The van der Waals surface area contributed by atoms with Crippen LogP contribution in [-0.4, -0.2) is 56.7 Å². The van der Waals surface area contributed by atoms with E-state index >= 15 is 0 Å². The van der Waals surface area contributed by atoms with E-state index in [4.69, 9.17) is 4.98 Å². The second kappa shape index (κ2) is 6.82. The van der Waals surface area contributed by atoms with Gasteiger partial charge in [-0.25, -0.2) is 9.97 Å². The number of rotatable bonds is 2. The Morgan fingerprint density at radius 1 is 1.12 bits per heavy atom. The van der Waals surface area contributed by atoms with Gasteiger partial charge in [-0.3, -0.25) is 9.48 Å². The number of anilines is 1. The maximum Gasteiger partial charge on any atom is 0.274 e. The van der Waals surface area contributed by atoms with Crippen LogP contribution in [0.1, 0.15) is 43.5 Å². The molecule has 1 fully saturated rings. The molecule has 7 nitrogen and oxygen atoms in total. The zero-order valence-electron chi connectivity index (χ0n) is 15.4. The maximum absolute atomic E-state index is 12.6. The zero-order valence-corrected chi connectivity index (χ0v) is 15.4. The van der Waals surface area contributed by atoms with Crippen molar-refractivity contribution >= 4 is 11.7 Å². The van der Waals surface area contributed by atoms with Crippen LogP contribution in [0.5, 0.6) is 0 Å². The minimum absolute atomic E-state index is 0.000480. The number of aromatic nitrogens is 4. The van der Waals surface area contributed by atoms with Gasteiger partial charge in [0.15, 0.2) is 0 Å². The van der Waals surface area contributed by atoms with E-state index in [1.807, 2.05) is 24.2 Å². The summed E-state index contributed by atoms with van der Waals surface area (Å²) in [7, 11) is 1.82. The predicted octanol–water partition coefficient (Wildman–Crippen LogP) is 1.86. The fourth-order valence-electron chi connectivity index (χ4n) is 2.93. The molecule has 0 aromatic carbocycles. The largest absolute Gasteiger partial charge is 0.355 e. The van der Waals surface area contributed by atoms with E-state index in [2.05, 4.69) is 35.8 Å². The molecule has 2 aromatic rings. The van der Waals surface area contributed by atoms with Crippen LogP contribution in [0.15, 0.2) is 24.5 Å². The van der Waals surface area contributed by atoms with Gasteiger partial charge in [0, 0.05) is 51.0 Å². The minimum atomic E-state index is -0.0805. The number of aryl methyl sites for hydroxylation is 1. The normalized spacial score (nSPS) is 16.0. The number of carbonyl (C=O) groups is 1. The van der Waals surface area contributed by atoms with Gasteiger partial charge in [-0.05, 0) is 18.6 Å². The number of hydrogen-bond donors (Lipinski definition) is 0. The van der Waals surface area contributed by atoms with E-state index in [9.17, 15) is 4.79 Å². The van der Waals surface area contributed by atoms with Crippen LogP contribution in [0.25, 0.3) is 0 Å². The third-order valence-corrected chi connectivity index (χ3v) is 4.35. The van der Waals surface area contributed by atoms with Crippen molar-refractivity contribution < 1.29 is 4.79 Å². The highest BCUT2D eigenvalue weighted by molar-refractivity contribution is 5.92. The van der Waals surface area contributed by atoms with E-state index in [0.717, 1.165) is 37.7 Å². The van der Waals surface area contributed by atoms with Gasteiger partial charge in [0.2, 0.25) is 0 Å². The van der Waals surface area contributed by atoms with Crippen LogP contribution in [0.2, 0.25) is 0 Å². The lowest BCUT2D eigenvalue weighted by Gasteiger charge is -2.24. The Balaban J connectivity index is 1.70. The first-order chi connectivity index (χ1) is 11.8. The smallest absolute Gasteiger partial charge is 0.274 e. The lowest BCUT2D eigenvalue weighted by atomic mass is 9.96. The molecule has 0 aliphatic carbocycles. The van der Waals surface area contributed by atoms with E-state index in [1.54, 1.807) is 16.9 Å². The third-order valence-electron chi connectivity index (χ3n) is 4.35. The highest BCUT2D eigenvalue weighted by Gasteiger charge is 2.24. The molecule has 7 heteroatoms. The average Bonchev–Trinajstić information content (AvgIpc) is 2.86. The molecule has 0 N–H and O–H groups in total. The molecule has 3 rings (SSSR count). The summed E-state index contributed by atoms with van der Waals surface area (Å²) in [6, 6.07) is 3.72. The fourth-order valence-corrected chi connectivity index (χ4v) is 2.93. The van der Waals surface area contributed by atoms with Crippen LogP contribution in [0, 0.1) is 0 Å². The van der Waals surface area contributed by atoms with Crippen LogP contribution in [0.4, 0.5) is 5.82 Å². The maximum atomic E-state index is 12.6. The number of hydrogen-bond acceptors (Lipinski definition) is 5. The first-order valence-electron chi connectivity index (χ1n) is 8.72. The number of carbonyl (C=O) groups excluding carboxylic acids is 1. The van der Waals surface area contributed by atoms with Crippen LogP contribution < -0.4 is 4.90 Å². The Morgan fingerprint density at radius 2 is 1.92 bits per heavy atom. The minimum Gasteiger partial charge on any atom is -0.355 e. The molecule has 1 amide bonds. The lowest BCUT2D eigenvalue weighted by molar-refractivity contribution is 0.0760. The monoisotopic (exact) mass is 342 g/mol. The summed E-state index contributed by atoms with van der Waals surface area (Å²) in [5, 5.41) is 4.22. The van der Waals surface area contributed by atoms with Gasteiger partial charge in [-0.15, -0.1) is 0 Å². The van der Waals surface area contributed by atoms with Gasteiger partial charge < -0.3 is 9.80 Å². The summed E-state index contributed by atoms with van der Waals surface area (Å²) < 4.78 is 1.66. The quantitative estimate of drug-likeness (QED) is 0.833. The Bertz CT molecular complexity index is 748. The van der Waals surface area contributed by atoms with E-state index in [-0.39, 0.29) is 11.3 Å². The summed E-state index contributed by atoms with van der Waals surface area (Å²) in [6.07, 6.45) is 4.53. The molecule has 1 aliphatic heterocycles. The van der Waals surface area contributed by atoms with Gasteiger partial charge in [-0.1, -0.05) is 20.8 Å². The molecule has 0 radical (unpaired) electrons. The second-order valence-corrected chi connectivity index (χ2v) is 7.50. The zero-order chi connectivity index (χ0) is 18.0. The Labute approximate surface area is 148 Å². The van der Waals surface area contributed by atoms with Crippen molar-refractivity contribution in [2.75, 3.05) is 31.1 Å². The van der Waals surface area contributed by atoms with Crippen molar-refractivity contribution in [1.82, 2.24) is 24.6 Å². The van der Waals surface area contributed by atoms with Crippen LogP contribution >= 0.6 is 0 Å². The molecule has 0 atom stereocenters. The summed E-state index contributed by atoms with van der Waals surface area (Å²) >= 11 is 0. The predicted molar refractivity (Wildman–Crippen MR) is 96.7 cm³/mol. The van der Waals surface area contributed by atoms with Gasteiger partial charge in [-0.2, -0.15) is 5.10 Å². The molecule has 0 unspecified atom stereocenters. The van der Waals surface area contributed by atoms with E-state index in [0.29, 0.717) is 12.2 Å². The SMILES string of the molecule is Cn1ccc(C(=O)N2CCCN(c3ccnc(C(C)(C)C)n3)CC2)n1. The molecule has 3 heterocycles. The van der Waals surface area contributed by atoms with Gasteiger partial charge in [0.25, 0.3) is 5.91 Å². The van der Waals surface area contributed by atoms with Gasteiger partial charge in [0.1, 0.15) is 17.3 Å². The molecule has 2 aromatic heterocycles. The standard InChI is InChI=1S/C18H26N6O/c1-18(2,3)17-19-8-6-15(20-17)23-9-5-10-24(13-12-23)16(25)14-7-11-22(4)21-14/h6-8,11H,5,9-10,12-13H2,1-4H3. The number of nitrogens with zero attached hydrogens (tertiary/aromatic N) is 6.